The minimum Gasteiger partial charge on any atom is -0.354 e. The van der Waals surface area contributed by atoms with Crippen molar-refractivity contribution in [2.24, 2.45) is 5.92 Å². The van der Waals surface area contributed by atoms with Gasteiger partial charge in [0.05, 0.1) is 16.7 Å². The fraction of sp³-hybridized carbons (Fsp3) is 0.500. The zero-order valence-electron chi connectivity index (χ0n) is 13.8. The summed E-state index contributed by atoms with van der Waals surface area (Å²) in [5.74, 6) is -0.150. The Bertz CT molecular complexity index is 716. The first-order valence-corrected chi connectivity index (χ1v) is 9.60. The number of benzene rings is 1. The Labute approximate surface area is 142 Å². The average molecular weight is 353 g/mol. The van der Waals surface area contributed by atoms with Crippen molar-refractivity contribution in [2.75, 3.05) is 18.8 Å². The van der Waals surface area contributed by atoms with Gasteiger partial charge in [0.1, 0.15) is 0 Å². The summed E-state index contributed by atoms with van der Waals surface area (Å²) >= 11 is 0. The SMILES string of the molecule is CC(C)C(=O)NCCNC(=O)NC1CCS(=O)(=O)c2ccccc21. The van der Waals surface area contributed by atoms with E-state index in [1.165, 1.54) is 0 Å². The van der Waals surface area contributed by atoms with Crippen LogP contribution in [0.1, 0.15) is 31.9 Å². The fourth-order valence-electron chi connectivity index (χ4n) is 2.52. The standard InChI is InChI=1S/C16H23N3O4S/c1-11(2)15(20)17-8-9-18-16(21)19-13-7-10-24(22,23)14-6-4-3-5-12(13)14/h3-6,11,13H,7-10H2,1-2H3,(H,17,20)(H2,18,19,21). The monoisotopic (exact) mass is 353 g/mol. The van der Waals surface area contributed by atoms with E-state index in [1.807, 2.05) is 0 Å². The van der Waals surface area contributed by atoms with Gasteiger partial charge in [-0.2, -0.15) is 0 Å². The van der Waals surface area contributed by atoms with Gasteiger partial charge in [-0.25, -0.2) is 13.2 Å². The molecule has 1 atom stereocenters. The van der Waals surface area contributed by atoms with Crippen LogP contribution in [-0.4, -0.2) is 39.2 Å². The van der Waals surface area contributed by atoms with E-state index in [0.29, 0.717) is 25.1 Å². The molecule has 132 valence electrons. The quantitative estimate of drug-likeness (QED) is 0.686. The Kier molecular flexibility index (Phi) is 5.82. The van der Waals surface area contributed by atoms with Crippen molar-refractivity contribution in [3.05, 3.63) is 29.8 Å². The van der Waals surface area contributed by atoms with Crippen molar-refractivity contribution in [3.63, 3.8) is 0 Å². The van der Waals surface area contributed by atoms with E-state index in [-0.39, 0.29) is 34.5 Å². The minimum absolute atomic E-state index is 0.0133. The number of rotatable bonds is 5. The van der Waals surface area contributed by atoms with Crippen molar-refractivity contribution < 1.29 is 18.0 Å². The lowest BCUT2D eigenvalue weighted by atomic mass is 10.0. The van der Waals surface area contributed by atoms with E-state index in [0.717, 1.165) is 0 Å². The Balaban J connectivity index is 1.88. The van der Waals surface area contributed by atoms with Crippen molar-refractivity contribution in [1.29, 1.82) is 0 Å². The molecule has 0 spiro atoms. The van der Waals surface area contributed by atoms with Gasteiger partial charge >= 0.3 is 6.03 Å². The Hall–Kier alpha value is -2.09. The topological polar surface area (TPSA) is 104 Å². The molecule has 1 aromatic carbocycles. The Morgan fingerprint density at radius 2 is 1.83 bits per heavy atom. The first-order chi connectivity index (χ1) is 11.3. The number of carbonyl (C=O) groups excluding carboxylic acids is 2. The molecular weight excluding hydrogens is 330 g/mol. The second-order valence-electron chi connectivity index (χ2n) is 6.04. The number of amides is 3. The van der Waals surface area contributed by atoms with Gasteiger partial charge in [-0.15, -0.1) is 0 Å². The van der Waals surface area contributed by atoms with E-state index in [4.69, 9.17) is 0 Å². The van der Waals surface area contributed by atoms with Gasteiger partial charge in [0, 0.05) is 19.0 Å². The van der Waals surface area contributed by atoms with Gasteiger partial charge in [-0.3, -0.25) is 4.79 Å². The summed E-state index contributed by atoms with van der Waals surface area (Å²) in [6, 6.07) is 6.00. The third kappa shape index (κ3) is 4.47. The van der Waals surface area contributed by atoms with Crippen molar-refractivity contribution in [1.82, 2.24) is 16.0 Å². The van der Waals surface area contributed by atoms with Gasteiger partial charge in [0.2, 0.25) is 5.91 Å². The van der Waals surface area contributed by atoms with Gasteiger partial charge in [-0.1, -0.05) is 32.0 Å². The highest BCUT2D eigenvalue weighted by Crippen LogP contribution is 2.31. The number of nitrogens with one attached hydrogen (secondary N) is 3. The number of carbonyl (C=O) groups is 2. The molecule has 2 rings (SSSR count). The molecule has 0 bridgehead atoms. The maximum absolute atomic E-state index is 12.1. The van der Waals surface area contributed by atoms with E-state index < -0.39 is 9.84 Å². The van der Waals surface area contributed by atoms with Crippen LogP contribution in [0.5, 0.6) is 0 Å². The van der Waals surface area contributed by atoms with Crippen LogP contribution in [0.3, 0.4) is 0 Å². The molecule has 8 heteroatoms. The zero-order valence-corrected chi connectivity index (χ0v) is 14.7. The number of sulfone groups is 1. The molecule has 24 heavy (non-hydrogen) atoms. The van der Waals surface area contributed by atoms with Crippen LogP contribution in [0, 0.1) is 5.92 Å². The Morgan fingerprint density at radius 3 is 2.54 bits per heavy atom. The predicted octanol–water partition coefficient (Wildman–Crippen LogP) is 0.977. The molecule has 0 radical (unpaired) electrons. The summed E-state index contributed by atoms with van der Waals surface area (Å²) in [6.07, 6.45) is 0.344. The summed E-state index contributed by atoms with van der Waals surface area (Å²) in [4.78, 5) is 23.7. The highest BCUT2D eigenvalue weighted by atomic mass is 32.2. The normalized spacial score (nSPS) is 18.5. The molecule has 0 saturated heterocycles. The van der Waals surface area contributed by atoms with Gasteiger partial charge in [0.25, 0.3) is 0 Å². The summed E-state index contributed by atoms with van der Waals surface area (Å²) < 4.78 is 24.1. The van der Waals surface area contributed by atoms with Crippen LogP contribution in [0.2, 0.25) is 0 Å². The molecule has 3 amide bonds. The van der Waals surface area contributed by atoms with Crippen molar-refractivity contribution in [2.45, 2.75) is 31.2 Å². The number of urea groups is 1. The number of hydrogen-bond acceptors (Lipinski definition) is 4. The first kappa shape index (κ1) is 18.3. The number of fused-ring (bicyclic) bond motifs is 1. The molecule has 0 aromatic heterocycles. The average Bonchev–Trinajstić information content (AvgIpc) is 2.54. The molecule has 1 unspecified atom stereocenters. The third-order valence-electron chi connectivity index (χ3n) is 3.84. The summed E-state index contributed by atoms with van der Waals surface area (Å²) in [6.45, 7) is 4.24. The van der Waals surface area contributed by atoms with Crippen LogP contribution < -0.4 is 16.0 Å². The lowest BCUT2D eigenvalue weighted by Gasteiger charge is -2.26. The molecule has 3 N–H and O–H groups in total. The molecule has 0 fully saturated rings. The lowest BCUT2D eigenvalue weighted by molar-refractivity contribution is -0.123. The highest BCUT2D eigenvalue weighted by molar-refractivity contribution is 7.91. The van der Waals surface area contributed by atoms with Crippen molar-refractivity contribution >= 4 is 21.8 Å². The molecule has 1 aliphatic rings. The van der Waals surface area contributed by atoms with Crippen molar-refractivity contribution in [3.8, 4) is 0 Å². The maximum atomic E-state index is 12.1. The fourth-order valence-corrected chi connectivity index (χ4v) is 4.14. The molecule has 1 heterocycles. The second kappa shape index (κ2) is 7.65. The zero-order chi connectivity index (χ0) is 17.7. The van der Waals surface area contributed by atoms with Crippen LogP contribution in [0.25, 0.3) is 0 Å². The van der Waals surface area contributed by atoms with E-state index in [2.05, 4.69) is 16.0 Å². The first-order valence-electron chi connectivity index (χ1n) is 7.95. The lowest BCUT2D eigenvalue weighted by Crippen LogP contribution is -2.43. The molecule has 7 nitrogen and oxygen atoms in total. The highest BCUT2D eigenvalue weighted by Gasteiger charge is 2.30. The number of hydrogen-bond donors (Lipinski definition) is 3. The molecule has 0 saturated carbocycles. The summed E-state index contributed by atoms with van der Waals surface area (Å²) in [5.41, 5.74) is 0.618. The smallest absolute Gasteiger partial charge is 0.315 e. The van der Waals surface area contributed by atoms with E-state index in [9.17, 15) is 18.0 Å². The van der Waals surface area contributed by atoms with Gasteiger partial charge in [0.15, 0.2) is 9.84 Å². The predicted molar refractivity (Wildman–Crippen MR) is 90.2 cm³/mol. The molecule has 0 aliphatic carbocycles. The largest absolute Gasteiger partial charge is 0.354 e. The third-order valence-corrected chi connectivity index (χ3v) is 5.66. The van der Waals surface area contributed by atoms with E-state index >= 15 is 0 Å². The van der Waals surface area contributed by atoms with Crippen LogP contribution in [0.15, 0.2) is 29.2 Å². The minimum atomic E-state index is -3.27. The van der Waals surface area contributed by atoms with Crippen LogP contribution >= 0.6 is 0 Å². The summed E-state index contributed by atoms with van der Waals surface area (Å²) in [5, 5.41) is 8.16. The summed E-state index contributed by atoms with van der Waals surface area (Å²) in [7, 11) is -3.27. The van der Waals surface area contributed by atoms with Crippen LogP contribution in [0.4, 0.5) is 4.79 Å². The maximum Gasteiger partial charge on any atom is 0.315 e. The van der Waals surface area contributed by atoms with Gasteiger partial charge < -0.3 is 16.0 Å². The van der Waals surface area contributed by atoms with E-state index in [1.54, 1.807) is 38.1 Å². The molecule has 1 aromatic rings. The molecule has 1 aliphatic heterocycles. The van der Waals surface area contributed by atoms with Gasteiger partial charge in [-0.05, 0) is 18.1 Å². The Morgan fingerprint density at radius 1 is 1.17 bits per heavy atom. The second-order valence-corrected chi connectivity index (χ2v) is 8.12. The molecular formula is C16H23N3O4S. The van der Waals surface area contributed by atoms with Crippen LogP contribution in [-0.2, 0) is 14.6 Å².